The zero-order chi connectivity index (χ0) is 34.0. The predicted molar refractivity (Wildman–Crippen MR) is 190 cm³/mol. The molecule has 10 heteroatoms. The van der Waals surface area contributed by atoms with Gasteiger partial charge in [-0.15, -0.1) is 11.8 Å². The van der Waals surface area contributed by atoms with Crippen molar-refractivity contribution in [3.05, 3.63) is 171 Å². The average molecular weight is 657 g/mol. The zero-order valence-corrected chi connectivity index (χ0v) is 27.0. The Morgan fingerprint density at radius 2 is 1.42 bits per heavy atom. The van der Waals surface area contributed by atoms with Crippen molar-refractivity contribution in [1.82, 2.24) is 5.32 Å². The van der Waals surface area contributed by atoms with Crippen LogP contribution in [0.1, 0.15) is 37.9 Å². The van der Waals surface area contributed by atoms with Gasteiger partial charge in [-0.3, -0.25) is 24.5 Å². The maximum absolute atomic E-state index is 13.6. The molecular weight excluding hydrogens is 625 g/mol. The van der Waals surface area contributed by atoms with Gasteiger partial charge in [0, 0.05) is 34.0 Å². The zero-order valence-electron chi connectivity index (χ0n) is 26.2. The van der Waals surface area contributed by atoms with Gasteiger partial charge in [-0.05, 0) is 91.2 Å². The molecule has 48 heavy (non-hydrogen) atoms. The van der Waals surface area contributed by atoms with Crippen LogP contribution in [0.5, 0.6) is 0 Å². The summed E-state index contributed by atoms with van der Waals surface area (Å²) in [5.41, 5.74) is 4.84. The number of nitrogens with one attached hydrogen (secondary N) is 3. The van der Waals surface area contributed by atoms with Crippen molar-refractivity contribution in [2.45, 2.75) is 24.0 Å². The van der Waals surface area contributed by atoms with Gasteiger partial charge in [0.1, 0.15) is 10.9 Å². The van der Waals surface area contributed by atoms with Crippen LogP contribution in [0.2, 0.25) is 0 Å². The largest absolute Gasteiger partial charge is 0.325 e. The number of non-ortho nitro benzene ring substituents is 1. The van der Waals surface area contributed by atoms with Crippen molar-refractivity contribution in [1.29, 1.82) is 0 Å². The van der Waals surface area contributed by atoms with Gasteiger partial charge in [-0.2, -0.15) is 0 Å². The van der Waals surface area contributed by atoms with E-state index in [1.54, 1.807) is 42.5 Å². The summed E-state index contributed by atoms with van der Waals surface area (Å²) in [6, 6.07) is 36.5. The van der Waals surface area contributed by atoms with E-state index in [9.17, 15) is 24.5 Å². The number of amides is 3. The Morgan fingerprint density at radius 3 is 2.04 bits per heavy atom. The molecule has 0 aromatic heterocycles. The Balaban J connectivity index is 1.34. The molecule has 3 N–H and O–H groups in total. The summed E-state index contributed by atoms with van der Waals surface area (Å²) in [7, 11) is 0. The standard InChI is InChI=1S/C38H32N4O5S/c1-25-13-22-33(26(2)23-25)40-38(45)35(28-9-5-3-6-10-28)48-32-20-16-30(17-21-32)39-37(44)34(41-36(43)29-11-7-4-8-12-29)24-27-14-18-31(19-15-27)42(46)47/h3-24,35H,1-2H3,(H,39,44)(H,40,45)(H,41,43)/b34-24-. The van der Waals surface area contributed by atoms with Crippen molar-refractivity contribution in [2.75, 3.05) is 10.6 Å². The van der Waals surface area contributed by atoms with E-state index in [2.05, 4.69) is 16.0 Å². The van der Waals surface area contributed by atoms with Crippen molar-refractivity contribution in [3.63, 3.8) is 0 Å². The van der Waals surface area contributed by atoms with E-state index in [1.807, 2.05) is 74.5 Å². The van der Waals surface area contributed by atoms with E-state index < -0.39 is 22.0 Å². The van der Waals surface area contributed by atoms with Crippen LogP contribution in [-0.2, 0) is 9.59 Å². The predicted octanol–water partition coefficient (Wildman–Crippen LogP) is 8.09. The highest BCUT2D eigenvalue weighted by Gasteiger charge is 2.23. The Hall–Kier alpha value is -6.00. The SMILES string of the molecule is Cc1ccc(NC(=O)C(Sc2ccc(NC(=O)/C(=C/c3ccc([N+](=O)[O-])cc3)NC(=O)c3ccccc3)cc2)c2ccccc2)c(C)c1. The molecule has 0 aliphatic rings. The van der Waals surface area contributed by atoms with Crippen molar-refractivity contribution >= 4 is 52.6 Å². The fourth-order valence-corrected chi connectivity index (χ4v) is 5.83. The second-order valence-electron chi connectivity index (χ2n) is 10.9. The molecule has 0 saturated carbocycles. The van der Waals surface area contributed by atoms with Gasteiger partial charge in [0.25, 0.3) is 17.5 Å². The monoisotopic (exact) mass is 656 g/mol. The first-order chi connectivity index (χ1) is 23.2. The molecule has 1 unspecified atom stereocenters. The quantitative estimate of drug-likeness (QED) is 0.0570. The average Bonchev–Trinajstić information content (AvgIpc) is 3.09. The topological polar surface area (TPSA) is 130 Å². The number of anilines is 2. The smallest absolute Gasteiger partial charge is 0.272 e. The first-order valence-electron chi connectivity index (χ1n) is 15.0. The molecule has 3 amide bonds. The Kier molecular flexibility index (Phi) is 10.8. The molecule has 1 atom stereocenters. The van der Waals surface area contributed by atoms with Crippen LogP contribution in [-0.4, -0.2) is 22.6 Å². The number of carbonyl (C=O) groups excluding carboxylic acids is 3. The van der Waals surface area contributed by atoms with Crippen LogP contribution >= 0.6 is 11.8 Å². The number of nitro benzene ring substituents is 1. The van der Waals surface area contributed by atoms with E-state index >= 15 is 0 Å². The van der Waals surface area contributed by atoms with Gasteiger partial charge in [0.05, 0.1) is 4.92 Å². The summed E-state index contributed by atoms with van der Waals surface area (Å²) >= 11 is 1.38. The van der Waals surface area contributed by atoms with Gasteiger partial charge in [0.2, 0.25) is 5.91 Å². The minimum absolute atomic E-state index is 0.0524. The summed E-state index contributed by atoms with van der Waals surface area (Å²) in [5.74, 6) is -1.24. The van der Waals surface area contributed by atoms with E-state index in [0.717, 1.165) is 27.3 Å². The number of rotatable bonds is 11. The van der Waals surface area contributed by atoms with Crippen molar-refractivity contribution in [2.24, 2.45) is 0 Å². The molecule has 0 aliphatic heterocycles. The van der Waals surface area contributed by atoms with E-state index in [1.165, 1.54) is 42.1 Å². The highest BCUT2D eigenvalue weighted by Crippen LogP contribution is 2.37. The van der Waals surface area contributed by atoms with Crippen LogP contribution in [0.3, 0.4) is 0 Å². The molecule has 5 rings (SSSR count). The maximum Gasteiger partial charge on any atom is 0.272 e. The number of thioether (sulfide) groups is 1. The third-order valence-corrected chi connectivity index (χ3v) is 8.56. The molecule has 0 bridgehead atoms. The van der Waals surface area contributed by atoms with E-state index in [0.29, 0.717) is 16.8 Å². The Labute approximate surface area is 282 Å². The lowest BCUT2D eigenvalue weighted by Gasteiger charge is -2.18. The fourth-order valence-electron chi connectivity index (χ4n) is 4.81. The normalized spacial score (nSPS) is 11.7. The maximum atomic E-state index is 13.6. The number of hydrogen-bond acceptors (Lipinski definition) is 6. The molecule has 0 aliphatic carbocycles. The minimum Gasteiger partial charge on any atom is -0.325 e. The van der Waals surface area contributed by atoms with Gasteiger partial charge >= 0.3 is 0 Å². The van der Waals surface area contributed by atoms with Gasteiger partial charge < -0.3 is 16.0 Å². The lowest BCUT2D eigenvalue weighted by molar-refractivity contribution is -0.384. The molecule has 240 valence electrons. The second kappa shape index (κ2) is 15.5. The lowest BCUT2D eigenvalue weighted by Crippen LogP contribution is -2.30. The minimum atomic E-state index is -0.590. The summed E-state index contributed by atoms with van der Waals surface area (Å²) in [4.78, 5) is 51.4. The molecule has 0 fully saturated rings. The number of nitro groups is 1. The molecule has 0 saturated heterocycles. The number of aryl methyl sites for hydroxylation is 2. The molecule has 5 aromatic rings. The van der Waals surface area contributed by atoms with Gasteiger partial charge in [-0.25, -0.2) is 0 Å². The molecule has 9 nitrogen and oxygen atoms in total. The van der Waals surface area contributed by atoms with Crippen LogP contribution in [0, 0.1) is 24.0 Å². The first kappa shape index (κ1) is 33.4. The first-order valence-corrected chi connectivity index (χ1v) is 15.9. The fraction of sp³-hybridized carbons (Fsp3) is 0.0789. The highest BCUT2D eigenvalue weighted by molar-refractivity contribution is 8.00. The van der Waals surface area contributed by atoms with Crippen LogP contribution in [0.4, 0.5) is 17.1 Å². The van der Waals surface area contributed by atoms with Crippen molar-refractivity contribution < 1.29 is 19.3 Å². The third-order valence-electron chi connectivity index (χ3n) is 7.29. The Bertz CT molecular complexity index is 1960. The highest BCUT2D eigenvalue weighted by atomic mass is 32.2. The number of carbonyl (C=O) groups is 3. The second-order valence-corrected chi connectivity index (χ2v) is 12.1. The lowest BCUT2D eigenvalue weighted by atomic mass is 10.1. The number of hydrogen-bond donors (Lipinski definition) is 3. The molecule has 5 aromatic carbocycles. The summed E-state index contributed by atoms with van der Waals surface area (Å²) < 4.78 is 0. The summed E-state index contributed by atoms with van der Waals surface area (Å²) in [5, 5.41) is 19.1. The number of nitrogens with zero attached hydrogens (tertiary/aromatic N) is 1. The number of benzene rings is 5. The third kappa shape index (κ3) is 8.83. The van der Waals surface area contributed by atoms with Gasteiger partial charge in [-0.1, -0.05) is 66.2 Å². The summed E-state index contributed by atoms with van der Waals surface area (Å²) in [6.45, 7) is 3.96. The molecule has 0 spiro atoms. The van der Waals surface area contributed by atoms with Crippen molar-refractivity contribution in [3.8, 4) is 0 Å². The van der Waals surface area contributed by atoms with Crippen LogP contribution < -0.4 is 16.0 Å². The Morgan fingerprint density at radius 1 is 0.771 bits per heavy atom. The van der Waals surface area contributed by atoms with Crippen LogP contribution in [0.25, 0.3) is 6.08 Å². The molecule has 0 heterocycles. The molecule has 0 radical (unpaired) electrons. The molecular formula is C38H32N4O5S. The van der Waals surface area contributed by atoms with E-state index in [-0.39, 0.29) is 17.3 Å². The van der Waals surface area contributed by atoms with Crippen LogP contribution in [0.15, 0.2) is 138 Å². The van der Waals surface area contributed by atoms with E-state index in [4.69, 9.17) is 0 Å². The van der Waals surface area contributed by atoms with Gasteiger partial charge in [0.15, 0.2) is 0 Å². The summed E-state index contributed by atoms with van der Waals surface area (Å²) in [6.07, 6.45) is 1.45.